The van der Waals surface area contributed by atoms with E-state index in [1.54, 1.807) is 12.1 Å². The lowest BCUT2D eigenvalue weighted by Gasteiger charge is -2.60. The minimum atomic E-state index is -0.875. The van der Waals surface area contributed by atoms with Crippen molar-refractivity contribution in [1.82, 2.24) is 9.80 Å². The number of phenolic OH excluding ortho intramolecular Hbond substituents is 1. The van der Waals surface area contributed by atoms with Gasteiger partial charge in [-0.05, 0) is 25.8 Å². The molecular weight excluding hydrogens is 376 g/mol. The van der Waals surface area contributed by atoms with Gasteiger partial charge >= 0.3 is 6.09 Å². The van der Waals surface area contributed by atoms with Gasteiger partial charge in [0.2, 0.25) is 5.91 Å². The first-order chi connectivity index (χ1) is 11.4. The molecule has 0 aromatic heterocycles. The van der Waals surface area contributed by atoms with Crippen molar-refractivity contribution in [3.05, 3.63) is 29.8 Å². The van der Waals surface area contributed by atoms with Crippen molar-refractivity contribution in [3.63, 3.8) is 0 Å². The van der Waals surface area contributed by atoms with Crippen molar-refractivity contribution >= 4 is 27.9 Å². The number of benzene rings is 1. The molecule has 2 fully saturated rings. The van der Waals surface area contributed by atoms with Gasteiger partial charge in [0.05, 0.1) is 11.4 Å². The molecule has 2 N–H and O–H groups in total. The molecule has 1 aromatic carbocycles. The van der Waals surface area contributed by atoms with Gasteiger partial charge in [0.1, 0.15) is 5.75 Å². The van der Waals surface area contributed by atoms with Gasteiger partial charge in [-0.2, -0.15) is 0 Å². The molecule has 1 aromatic rings. The molecule has 1 atom stereocenters. The van der Waals surface area contributed by atoms with Crippen LogP contribution < -0.4 is 0 Å². The minimum Gasteiger partial charge on any atom is -0.508 e. The second-order valence-electron chi connectivity index (χ2n) is 6.87. The van der Waals surface area contributed by atoms with Gasteiger partial charge in [0, 0.05) is 30.1 Å². The number of carboxylic acid groups (broad SMARTS) is 1. The Hall–Kier alpha value is -1.76. The standard InChI is InChI=1S/C17H21BrN2O4/c1-11(13-4-2-3-5-14(13)21)20(15(22)8-18)12-6-17(7-12)9-19(10-17)16(23)24/h2-5,11-12,21H,6-10H2,1H3,(H,23,24). The number of carbonyl (C=O) groups excluding carboxylic acids is 1. The number of phenols is 1. The smallest absolute Gasteiger partial charge is 0.407 e. The minimum absolute atomic E-state index is 0.0139. The molecule has 1 saturated carbocycles. The summed E-state index contributed by atoms with van der Waals surface area (Å²) in [5.41, 5.74) is 0.764. The second kappa shape index (κ2) is 6.27. The molecule has 24 heavy (non-hydrogen) atoms. The van der Waals surface area contributed by atoms with Crippen molar-refractivity contribution in [2.24, 2.45) is 5.41 Å². The van der Waals surface area contributed by atoms with Crippen LogP contribution in [0.1, 0.15) is 31.4 Å². The molecule has 1 saturated heterocycles. The highest BCUT2D eigenvalue weighted by Gasteiger charge is 2.56. The van der Waals surface area contributed by atoms with Crippen LogP contribution in [0.3, 0.4) is 0 Å². The Bertz CT molecular complexity index is 652. The Morgan fingerprint density at radius 3 is 2.54 bits per heavy atom. The highest BCUT2D eigenvalue weighted by atomic mass is 79.9. The summed E-state index contributed by atoms with van der Waals surface area (Å²) in [7, 11) is 0. The number of para-hydroxylation sites is 1. The van der Waals surface area contributed by atoms with Crippen LogP contribution in [-0.4, -0.2) is 56.5 Å². The van der Waals surface area contributed by atoms with Gasteiger partial charge in [-0.15, -0.1) is 0 Å². The summed E-state index contributed by atoms with van der Waals surface area (Å²) < 4.78 is 0. The van der Waals surface area contributed by atoms with Crippen LogP contribution in [0.15, 0.2) is 24.3 Å². The lowest BCUT2D eigenvalue weighted by Crippen LogP contribution is -2.68. The molecule has 0 radical (unpaired) electrons. The third kappa shape index (κ3) is 2.85. The van der Waals surface area contributed by atoms with Gasteiger partial charge in [-0.25, -0.2) is 4.79 Å². The van der Waals surface area contributed by atoms with E-state index in [-0.39, 0.29) is 34.5 Å². The fourth-order valence-corrected chi connectivity index (χ4v) is 4.38. The van der Waals surface area contributed by atoms with Gasteiger partial charge < -0.3 is 20.0 Å². The second-order valence-corrected chi connectivity index (χ2v) is 7.43. The quantitative estimate of drug-likeness (QED) is 0.766. The van der Waals surface area contributed by atoms with Gasteiger partial charge in [0.15, 0.2) is 0 Å². The SMILES string of the molecule is CC(c1ccccc1O)N(C(=O)CBr)C1CC2(C1)CN(C(=O)O)C2. The van der Waals surface area contributed by atoms with Gasteiger partial charge in [0.25, 0.3) is 0 Å². The summed E-state index contributed by atoms with van der Waals surface area (Å²) in [6.07, 6.45) is 0.751. The maximum Gasteiger partial charge on any atom is 0.407 e. The summed E-state index contributed by atoms with van der Waals surface area (Å²) in [5.74, 6) is 0.173. The molecule has 3 rings (SSSR count). The zero-order valence-corrected chi connectivity index (χ0v) is 15.1. The molecule has 1 heterocycles. The summed E-state index contributed by atoms with van der Waals surface area (Å²) in [4.78, 5) is 26.6. The van der Waals surface area contributed by atoms with Crippen LogP contribution in [0.4, 0.5) is 4.79 Å². The normalized spacial score (nSPS) is 20.2. The molecule has 2 amide bonds. The average Bonchev–Trinajstić information content (AvgIpc) is 2.47. The van der Waals surface area contributed by atoms with Crippen molar-refractivity contribution < 1.29 is 19.8 Å². The summed E-state index contributed by atoms with van der Waals surface area (Å²) in [6.45, 7) is 3.03. The molecule has 1 unspecified atom stereocenters. The van der Waals surface area contributed by atoms with E-state index in [9.17, 15) is 14.7 Å². The monoisotopic (exact) mass is 396 g/mol. The number of aromatic hydroxyl groups is 1. The maximum absolute atomic E-state index is 12.5. The van der Waals surface area contributed by atoms with Crippen molar-refractivity contribution in [3.8, 4) is 5.75 Å². The number of likely N-dealkylation sites (tertiary alicyclic amines) is 1. The number of amides is 2. The molecular formula is C17H21BrN2O4. The van der Waals surface area contributed by atoms with Crippen LogP contribution in [0.25, 0.3) is 0 Å². The van der Waals surface area contributed by atoms with Crippen LogP contribution in [0.5, 0.6) is 5.75 Å². The van der Waals surface area contributed by atoms with Gasteiger partial charge in [-0.3, -0.25) is 4.79 Å². The van der Waals surface area contributed by atoms with Crippen molar-refractivity contribution in [1.29, 1.82) is 0 Å². The zero-order chi connectivity index (χ0) is 17.5. The zero-order valence-electron chi connectivity index (χ0n) is 13.5. The highest BCUT2D eigenvalue weighted by Crippen LogP contribution is 2.51. The molecule has 6 nitrogen and oxygen atoms in total. The summed E-state index contributed by atoms with van der Waals surface area (Å²) in [6, 6.07) is 6.92. The van der Waals surface area contributed by atoms with E-state index < -0.39 is 6.09 Å². The first-order valence-electron chi connectivity index (χ1n) is 8.00. The van der Waals surface area contributed by atoms with E-state index in [4.69, 9.17) is 5.11 Å². The van der Waals surface area contributed by atoms with Crippen LogP contribution in [-0.2, 0) is 4.79 Å². The molecule has 7 heteroatoms. The van der Waals surface area contributed by atoms with Crippen LogP contribution in [0.2, 0.25) is 0 Å². The Balaban J connectivity index is 1.72. The first-order valence-corrected chi connectivity index (χ1v) is 9.12. The third-order valence-corrected chi connectivity index (χ3v) is 5.74. The van der Waals surface area contributed by atoms with E-state index in [0.29, 0.717) is 13.1 Å². The molecule has 0 bridgehead atoms. The predicted molar refractivity (Wildman–Crippen MR) is 92.2 cm³/mol. The first kappa shape index (κ1) is 17.1. The lowest BCUT2D eigenvalue weighted by molar-refractivity contribution is -0.148. The fourth-order valence-electron chi connectivity index (χ4n) is 4.09. The van der Waals surface area contributed by atoms with Gasteiger partial charge in [-0.1, -0.05) is 34.1 Å². The number of rotatable bonds is 4. The Morgan fingerprint density at radius 1 is 1.38 bits per heavy atom. The molecule has 1 spiro atoms. The Kier molecular flexibility index (Phi) is 4.46. The van der Waals surface area contributed by atoms with E-state index >= 15 is 0 Å². The van der Waals surface area contributed by atoms with Crippen molar-refractivity contribution in [2.75, 3.05) is 18.4 Å². The number of hydrogen-bond acceptors (Lipinski definition) is 3. The highest BCUT2D eigenvalue weighted by molar-refractivity contribution is 9.09. The van der Waals surface area contributed by atoms with Crippen molar-refractivity contribution in [2.45, 2.75) is 31.8 Å². The third-order valence-electron chi connectivity index (χ3n) is 5.26. The summed E-state index contributed by atoms with van der Waals surface area (Å²) in [5, 5.41) is 19.3. The maximum atomic E-state index is 12.5. The number of hydrogen-bond donors (Lipinski definition) is 2. The number of halogens is 1. The molecule has 130 valence electrons. The number of alkyl halides is 1. The van der Waals surface area contributed by atoms with E-state index in [2.05, 4.69) is 15.9 Å². The van der Waals surface area contributed by atoms with Crippen LogP contribution in [0, 0.1) is 5.41 Å². The Labute approximate surface area is 149 Å². The Morgan fingerprint density at radius 2 is 2.00 bits per heavy atom. The molecule has 1 aliphatic heterocycles. The van der Waals surface area contributed by atoms with E-state index in [0.717, 1.165) is 18.4 Å². The lowest BCUT2D eigenvalue weighted by atomic mass is 9.60. The van der Waals surface area contributed by atoms with E-state index in [1.165, 1.54) is 4.90 Å². The predicted octanol–water partition coefficient (Wildman–Crippen LogP) is 2.82. The molecule has 2 aliphatic rings. The number of carbonyl (C=O) groups is 2. The van der Waals surface area contributed by atoms with E-state index in [1.807, 2.05) is 24.0 Å². The summed E-state index contributed by atoms with van der Waals surface area (Å²) >= 11 is 3.24. The largest absolute Gasteiger partial charge is 0.508 e. The average molecular weight is 397 g/mol. The topological polar surface area (TPSA) is 81.1 Å². The molecule has 1 aliphatic carbocycles. The fraction of sp³-hybridized carbons (Fsp3) is 0.529. The number of nitrogens with zero attached hydrogens (tertiary/aromatic N) is 2. The van der Waals surface area contributed by atoms with Crippen LogP contribution >= 0.6 is 15.9 Å².